The fourth-order valence-corrected chi connectivity index (χ4v) is 11.1. The molecule has 0 unspecified atom stereocenters. The third-order valence-corrected chi connectivity index (χ3v) is 12.4. The standard InChI is InChI=1S/C20H30OSi2/c1-15-9-11-19(13-17(15)3)22(5,6)21-23(7,8)20-12-10-16(2)18(4)14-20/h9-14H,1-8H3. The van der Waals surface area contributed by atoms with Crippen molar-refractivity contribution in [2.75, 3.05) is 0 Å². The van der Waals surface area contributed by atoms with Crippen LogP contribution in [0.5, 0.6) is 0 Å². The summed E-state index contributed by atoms with van der Waals surface area (Å²) in [5.74, 6) is 0. The first-order chi connectivity index (χ1) is 10.5. The van der Waals surface area contributed by atoms with Gasteiger partial charge in [0.2, 0.25) is 16.6 Å². The lowest BCUT2D eigenvalue weighted by Gasteiger charge is -2.35. The molecule has 0 spiro atoms. The Labute approximate surface area is 144 Å². The molecule has 2 aromatic carbocycles. The van der Waals surface area contributed by atoms with Crippen LogP contribution in [-0.4, -0.2) is 16.6 Å². The third kappa shape index (κ3) is 4.03. The predicted octanol–water partition coefficient (Wildman–Crippen LogP) is 4.46. The largest absolute Gasteiger partial charge is 0.449 e. The Morgan fingerprint density at radius 2 is 0.913 bits per heavy atom. The van der Waals surface area contributed by atoms with Crippen molar-refractivity contribution in [3.63, 3.8) is 0 Å². The van der Waals surface area contributed by atoms with Gasteiger partial charge in [-0.15, -0.1) is 0 Å². The van der Waals surface area contributed by atoms with Gasteiger partial charge < -0.3 is 4.12 Å². The molecule has 23 heavy (non-hydrogen) atoms. The van der Waals surface area contributed by atoms with E-state index in [2.05, 4.69) is 90.3 Å². The monoisotopic (exact) mass is 342 g/mol. The van der Waals surface area contributed by atoms with Crippen LogP contribution in [0.3, 0.4) is 0 Å². The van der Waals surface area contributed by atoms with E-state index in [1.54, 1.807) is 0 Å². The van der Waals surface area contributed by atoms with Crippen molar-refractivity contribution in [3.8, 4) is 0 Å². The lowest BCUT2D eigenvalue weighted by molar-refractivity contribution is 0.573. The number of hydrogen-bond donors (Lipinski definition) is 0. The minimum absolute atomic E-state index is 1.35. The molecule has 0 radical (unpaired) electrons. The van der Waals surface area contributed by atoms with Crippen LogP contribution in [0.2, 0.25) is 26.2 Å². The van der Waals surface area contributed by atoms with Crippen molar-refractivity contribution in [3.05, 3.63) is 58.7 Å². The maximum atomic E-state index is 6.86. The summed E-state index contributed by atoms with van der Waals surface area (Å²) >= 11 is 0. The van der Waals surface area contributed by atoms with E-state index in [4.69, 9.17) is 4.12 Å². The number of aryl methyl sites for hydroxylation is 4. The van der Waals surface area contributed by atoms with Crippen LogP contribution in [-0.2, 0) is 4.12 Å². The summed E-state index contributed by atoms with van der Waals surface area (Å²) in [4.78, 5) is 0. The summed E-state index contributed by atoms with van der Waals surface area (Å²) < 4.78 is 6.86. The molecular formula is C20H30OSi2. The molecule has 0 heterocycles. The van der Waals surface area contributed by atoms with Crippen molar-refractivity contribution in [1.29, 1.82) is 0 Å². The normalized spacial score (nSPS) is 12.5. The highest BCUT2D eigenvalue weighted by Gasteiger charge is 2.36. The lowest BCUT2D eigenvalue weighted by atomic mass is 10.1. The summed E-state index contributed by atoms with van der Waals surface area (Å²) in [5.41, 5.74) is 5.42. The summed E-state index contributed by atoms with van der Waals surface area (Å²) in [6.45, 7) is 18.0. The van der Waals surface area contributed by atoms with Crippen LogP contribution in [0.4, 0.5) is 0 Å². The van der Waals surface area contributed by atoms with Crippen molar-refractivity contribution in [1.82, 2.24) is 0 Å². The molecule has 2 rings (SSSR count). The molecule has 2 aromatic rings. The zero-order valence-corrected chi connectivity index (χ0v) is 17.9. The number of rotatable bonds is 4. The summed E-state index contributed by atoms with van der Waals surface area (Å²) in [6.07, 6.45) is 0. The average molecular weight is 343 g/mol. The molecule has 0 aliphatic heterocycles. The van der Waals surface area contributed by atoms with Gasteiger partial charge in [0, 0.05) is 0 Å². The highest BCUT2D eigenvalue weighted by molar-refractivity contribution is 6.96. The maximum Gasteiger partial charge on any atom is 0.206 e. The Balaban J connectivity index is 2.33. The smallest absolute Gasteiger partial charge is 0.206 e. The average Bonchev–Trinajstić information content (AvgIpc) is 2.43. The van der Waals surface area contributed by atoms with Gasteiger partial charge in [-0.3, -0.25) is 0 Å². The molecule has 0 N–H and O–H groups in total. The van der Waals surface area contributed by atoms with Gasteiger partial charge >= 0.3 is 0 Å². The summed E-state index contributed by atoms with van der Waals surface area (Å²) in [5, 5.41) is 2.79. The van der Waals surface area contributed by atoms with Gasteiger partial charge in [-0.05, 0) is 86.5 Å². The second-order valence-corrected chi connectivity index (χ2v) is 15.7. The first-order valence-corrected chi connectivity index (χ1v) is 14.2. The Morgan fingerprint density at radius 1 is 0.565 bits per heavy atom. The number of benzene rings is 2. The zero-order valence-electron chi connectivity index (χ0n) is 15.9. The summed E-state index contributed by atoms with van der Waals surface area (Å²) in [6, 6.07) is 13.6. The Kier molecular flexibility index (Phi) is 5.04. The molecule has 0 saturated carbocycles. The molecule has 1 nitrogen and oxygen atoms in total. The van der Waals surface area contributed by atoms with E-state index in [-0.39, 0.29) is 0 Å². The van der Waals surface area contributed by atoms with Gasteiger partial charge in [0.15, 0.2) is 0 Å². The lowest BCUT2D eigenvalue weighted by Crippen LogP contribution is -2.57. The SMILES string of the molecule is Cc1ccc([Si](C)(C)O[Si](C)(C)c2ccc(C)c(C)c2)cc1C. The van der Waals surface area contributed by atoms with E-state index >= 15 is 0 Å². The molecule has 0 aromatic heterocycles. The first-order valence-electron chi connectivity index (χ1n) is 8.38. The van der Waals surface area contributed by atoms with E-state index in [1.165, 1.54) is 32.6 Å². The summed E-state index contributed by atoms with van der Waals surface area (Å²) in [7, 11) is -3.84. The van der Waals surface area contributed by atoms with Crippen LogP contribution >= 0.6 is 0 Å². The van der Waals surface area contributed by atoms with Crippen LogP contribution in [0.1, 0.15) is 22.3 Å². The van der Waals surface area contributed by atoms with Crippen molar-refractivity contribution in [2.24, 2.45) is 0 Å². The predicted molar refractivity (Wildman–Crippen MR) is 107 cm³/mol. The van der Waals surface area contributed by atoms with Crippen molar-refractivity contribution in [2.45, 2.75) is 53.9 Å². The molecule has 0 atom stereocenters. The molecular weight excluding hydrogens is 312 g/mol. The molecule has 0 saturated heterocycles. The zero-order chi connectivity index (χ0) is 17.4. The van der Waals surface area contributed by atoms with E-state index in [0.717, 1.165) is 0 Å². The van der Waals surface area contributed by atoms with Gasteiger partial charge in [-0.1, -0.05) is 36.4 Å². The Morgan fingerprint density at radius 3 is 1.22 bits per heavy atom. The number of hydrogen-bond acceptors (Lipinski definition) is 1. The Hall–Kier alpha value is -1.17. The van der Waals surface area contributed by atoms with E-state index in [9.17, 15) is 0 Å². The van der Waals surface area contributed by atoms with Gasteiger partial charge in [0.1, 0.15) is 0 Å². The molecule has 0 aliphatic rings. The van der Waals surface area contributed by atoms with Gasteiger partial charge in [0.05, 0.1) is 0 Å². The van der Waals surface area contributed by atoms with Crippen LogP contribution in [0.15, 0.2) is 36.4 Å². The fourth-order valence-electron chi connectivity index (χ4n) is 2.99. The quantitative estimate of drug-likeness (QED) is 0.745. The van der Waals surface area contributed by atoms with Crippen LogP contribution < -0.4 is 10.4 Å². The molecule has 3 heteroatoms. The van der Waals surface area contributed by atoms with Gasteiger partial charge in [-0.2, -0.15) is 0 Å². The molecule has 0 aliphatic carbocycles. The molecule has 0 fully saturated rings. The highest BCUT2D eigenvalue weighted by Crippen LogP contribution is 2.18. The van der Waals surface area contributed by atoms with Gasteiger partial charge in [-0.25, -0.2) is 0 Å². The fraction of sp³-hybridized carbons (Fsp3) is 0.400. The Bertz CT molecular complexity index is 656. The van der Waals surface area contributed by atoms with Crippen molar-refractivity contribution >= 4 is 27.0 Å². The highest BCUT2D eigenvalue weighted by atomic mass is 28.4. The van der Waals surface area contributed by atoms with E-state index in [0.29, 0.717) is 0 Å². The van der Waals surface area contributed by atoms with Crippen molar-refractivity contribution < 1.29 is 4.12 Å². The maximum absolute atomic E-state index is 6.86. The van der Waals surface area contributed by atoms with E-state index in [1.807, 2.05) is 0 Å². The van der Waals surface area contributed by atoms with Crippen LogP contribution in [0, 0.1) is 27.7 Å². The van der Waals surface area contributed by atoms with Crippen LogP contribution in [0.25, 0.3) is 0 Å². The topological polar surface area (TPSA) is 9.23 Å². The molecule has 0 bridgehead atoms. The first kappa shape index (κ1) is 18.2. The molecule has 0 amide bonds. The van der Waals surface area contributed by atoms with E-state index < -0.39 is 16.6 Å². The third-order valence-electron chi connectivity index (χ3n) is 4.91. The minimum atomic E-state index is -1.92. The minimum Gasteiger partial charge on any atom is -0.449 e. The second kappa shape index (κ2) is 6.38. The molecule has 124 valence electrons. The second-order valence-electron chi connectivity index (χ2n) is 7.72. The van der Waals surface area contributed by atoms with Gasteiger partial charge in [0.25, 0.3) is 0 Å².